The number of hydrogen-bond acceptors (Lipinski definition) is 4. The van der Waals surface area contributed by atoms with Crippen LogP contribution in [-0.4, -0.2) is 67.4 Å². The molecular formula is C28H37F3N4O. The molecule has 196 valence electrons. The van der Waals surface area contributed by atoms with Crippen molar-refractivity contribution in [1.29, 1.82) is 0 Å². The van der Waals surface area contributed by atoms with Gasteiger partial charge in [0, 0.05) is 38.4 Å². The van der Waals surface area contributed by atoms with E-state index in [1.165, 1.54) is 41.0 Å². The number of rotatable bonds is 10. The van der Waals surface area contributed by atoms with Crippen LogP contribution in [0.5, 0.6) is 0 Å². The number of halogens is 3. The number of benzene rings is 2. The second-order valence-corrected chi connectivity index (χ2v) is 10.4. The molecular weight excluding hydrogens is 465 g/mol. The summed E-state index contributed by atoms with van der Waals surface area (Å²) in [5, 5.41) is 3.32. The van der Waals surface area contributed by atoms with E-state index < -0.39 is 11.7 Å². The smallest absolute Gasteiger partial charge is 0.376 e. The fourth-order valence-electron chi connectivity index (χ4n) is 4.90. The summed E-state index contributed by atoms with van der Waals surface area (Å²) in [4.78, 5) is 19.3. The molecule has 1 fully saturated rings. The van der Waals surface area contributed by atoms with E-state index in [-0.39, 0.29) is 24.6 Å². The van der Waals surface area contributed by atoms with Crippen LogP contribution in [0, 0.1) is 5.92 Å². The third-order valence-electron chi connectivity index (χ3n) is 7.07. The molecule has 0 atom stereocenters. The molecule has 8 heteroatoms. The van der Waals surface area contributed by atoms with Crippen LogP contribution in [0.4, 0.5) is 18.9 Å². The van der Waals surface area contributed by atoms with E-state index in [0.717, 1.165) is 50.1 Å². The first-order valence-corrected chi connectivity index (χ1v) is 12.9. The average Bonchev–Trinajstić information content (AvgIpc) is 3.66. The first-order chi connectivity index (χ1) is 17.2. The molecule has 2 aromatic carbocycles. The van der Waals surface area contributed by atoms with E-state index in [9.17, 15) is 18.0 Å². The van der Waals surface area contributed by atoms with Gasteiger partial charge in [0.1, 0.15) is 0 Å². The van der Waals surface area contributed by atoms with Gasteiger partial charge in [-0.05, 0) is 81.1 Å². The third kappa shape index (κ3) is 7.23. The number of alkyl halides is 3. The maximum Gasteiger partial charge on any atom is 0.416 e. The predicted molar refractivity (Wildman–Crippen MR) is 137 cm³/mol. The monoisotopic (exact) mass is 502 g/mol. The predicted octanol–water partition coefficient (Wildman–Crippen LogP) is 4.87. The quantitative estimate of drug-likeness (QED) is 0.504. The lowest BCUT2D eigenvalue weighted by molar-refractivity contribution is -0.139. The summed E-state index contributed by atoms with van der Waals surface area (Å²) in [5.74, 6) is 0.636. The Hall–Kier alpha value is -2.58. The van der Waals surface area contributed by atoms with Gasteiger partial charge in [-0.1, -0.05) is 30.3 Å². The van der Waals surface area contributed by atoms with Gasteiger partial charge in [-0.15, -0.1) is 0 Å². The van der Waals surface area contributed by atoms with Crippen molar-refractivity contribution in [2.24, 2.45) is 5.92 Å². The fourth-order valence-corrected chi connectivity index (χ4v) is 4.90. The topological polar surface area (TPSA) is 38.8 Å². The minimum atomic E-state index is -4.46. The van der Waals surface area contributed by atoms with E-state index in [1.54, 1.807) is 6.07 Å². The maximum atomic E-state index is 13.6. The summed E-state index contributed by atoms with van der Waals surface area (Å²) in [6.45, 7) is 4.06. The van der Waals surface area contributed by atoms with Crippen LogP contribution in [0.2, 0.25) is 0 Å². The second kappa shape index (κ2) is 11.6. The molecule has 5 nitrogen and oxygen atoms in total. The normalized spacial score (nSPS) is 16.5. The lowest BCUT2D eigenvalue weighted by atomic mass is 10.0. The Labute approximate surface area is 212 Å². The van der Waals surface area contributed by atoms with Crippen LogP contribution in [-0.2, 0) is 30.5 Å². The van der Waals surface area contributed by atoms with Gasteiger partial charge in [-0.3, -0.25) is 9.69 Å². The van der Waals surface area contributed by atoms with Gasteiger partial charge in [0.15, 0.2) is 0 Å². The molecule has 1 aliphatic carbocycles. The molecule has 2 aliphatic rings. The van der Waals surface area contributed by atoms with Crippen molar-refractivity contribution in [2.45, 2.75) is 44.9 Å². The first kappa shape index (κ1) is 26.5. The van der Waals surface area contributed by atoms with Crippen molar-refractivity contribution < 1.29 is 18.0 Å². The van der Waals surface area contributed by atoms with E-state index in [0.29, 0.717) is 13.1 Å². The molecule has 0 unspecified atom stereocenters. The van der Waals surface area contributed by atoms with E-state index in [4.69, 9.17) is 0 Å². The number of carbonyl (C=O) groups excluding carboxylic acids is 1. The highest BCUT2D eigenvalue weighted by Gasteiger charge is 2.33. The summed E-state index contributed by atoms with van der Waals surface area (Å²) in [7, 11) is 3.77. The van der Waals surface area contributed by atoms with Gasteiger partial charge < -0.3 is 15.1 Å². The van der Waals surface area contributed by atoms with Crippen molar-refractivity contribution >= 4 is 11.6 Å². The average molecular weight is 503 g/mol. The van der Waals surface area contributed by atoms with Gasteiger partial charge in [0.25, 0.3) is 0 Å². The highest BCUT2D eigenvalue weighted by Crippen LogP contribution is 2.33. The van der Waals surface area contributed by atoms with Crippen LogP contribution in [0.3, 0.4) is 0 Å². The zero-order valence-electron chi connectivity index (χ0n) is 21.3. The van der Waals surface area contributed by atoms with Gasteiger partial charge in [0.05, 0.1) is 12.1 Å². The van der Waals surface area contributed by atoms with Gasteiger partial charge >= 0.3 is 6.18 Å². The highest BCUT2D eigenvalue weighted by molar-refractivity contribution is 5.81. The maximum absolute atomic E-state index is 13.6. The number of amides is 1. The molecule has 1 aliphatic heterocycles. The lowest BCUT2D eigenvalue weighted by Gasteiger charge is -2.26. The molecule has 36 heavy (non-hydrogen) atoms. The molecule has 4 rings (SSSR count). The van der Waals surface area contributed by atoms with Crippen LogP contribution in [0.25, 0.3) is 0 Å². The summed E-state index contributed by atoms with van der Waals surface area (Å²) >= 11 is 0. The standard InChI is InChI=1S/C28H37F3N4O/c1-33(2)15-16-35(20-23-7-3-4-10-25(23)28(29,30)31)27(36)17-32-26-11-5-8-22-19-34(18-21-12-13-21)14-6-9-24(22)26/h3-5,7-8,10-11,21,32H,6,9,12-20H2,1-2H3. The van der Waals surface area contributed by atoms with Crippen LogP contribution in [0.15, 0.2) is 42.5 Å². The minimum Gasteiger partial charge on any atom is -0.376 e. The molecule has 0 saturated heterocycles. The number of nitrogens with one attached hydrogen (secondary N) is 1. The molecule has 0 radical (unpaired) electrons. The Morgan fingerprint density at radius 1 is 1.08 bits per heavy atom. The summed E-state index contributed by atoms with van der Waals surface area (Å²) in [6, 6.07) is 11.7. The molecule has 1 saturated carbocycles. The lowest BCUT2D eigenvalue weighted by Crippen LogP contribution is -2.39. The molecule has 1 N–H and O–H groups in total. The van der Waals surface area contributed by atoms with Crippen LogP contribution < -0.4 is 5.32 Å². The zero-order valence-corrected chi connectivity index (χ0v) is 21.3. The van der Waals surface area contributed by atoms with Gasteiger partial charge in [-0.25, -0.2) is 0 Å². The van der Waals surface area contributed by atoms with E-state index >= 15 is 0 Å². The van der Waals surface area contributed by atoms with Gasteiger partial charge in [-0.2, -0.15) is 13.2 Å². The highest BCUT2D eigenvalue weighted by atomic mass is 19.4. The van der Waals surface area contributed by atoms with Gasteiger partial charge in [0.2, 0.25) is 5.91 Å². The SMILES string of the molecule is CN(C)CCN(Cc1ccccc1C(F)(F)F)C(=O)CNc1cccc2c1CCCN(CC1CC1)C2. The summed E-state index contributed by atoms with van der Waals surface area (Å²) in [5.41, 5.74) is 2.93. The minimum absolute atomic E-state index is 0.0455. The van der Waals surface area contributed by atoms with Crippen molar-refractivity contribution in [1.82, 2.24) is 14.7 Å². The van der Waals surface area contributed by atoms with Crippen LogP contribution >= 0.6 is 0 Å². The number of fused-ring (bicyclic) bond motifs is 1. The molecule has 0 aromatic heterocycles. The summed E-state index contributed by atoms with van der Waals surface area (Å²) in [6.07, 6.45) is 0.252. The number of anilines is 1. The van der Waals surface area contributed by atoms with Crippen LogP contribution in [0.1, 0.15) is 41.5 Å². The molecule has 0 bridgehead atoms. The van der Waals surface area contributed by atoms with E-state index in [1.807, 2.05) is 31.1 Å². The molecule has 1 heterocycles. The number of nitrogens with zero attached hydrogens (tertiary/aromatic N) is 3. The third-order valence-corrected chi connectivity index (χ3v) is 7.07. The number of likely N-dealkylation sites (N-methyl/N-ethyl adjacent to an activating group) is 1. The first-order valence-electron chi connectivity index (χ1n) is 12.9. The number of carbonyl (C=O) groups is 1. The Kier molecular flexibility index (Phi) is 8.57. The molecule has 1 amide bonds. The van der Waals surface area contributed by atoms with E-state index in [2.05, 4.69) is 16.3 Å². The summed E-state index contributed by atoms with van der Waals surface area (Å²) < 4.78 is 40.7. The van der Waals surface area contributed by atoms with Crippen molar-refractivity contribution in [3.05, 3.63) is 64.7 Å². The largest absolute Gasteiger partial charge is 0.416 e. The Bertz CT molecular complexity index is 1040. The Morgan fingerprint density at radius 3 is 2.58 bits per heavy atom. The van der Waals surface area contributed by atoms with Crippen molar-refractivity contribution in [3.8, 4) is 0 Å². The number of hydrogen-bond donors (Lipinski definition) is 1. The fraction of sp³-hybridized carbons (Fsp3) is 0.536. The van der Waals surface area contributed by atoms with Crippen molar-refractivity contribution in [3.63, 3.8) is 0 Å². The van der Waals surface area contributed by atoms with Crippen molar-refractivity contribution in [2.75, 3.05) is 52.1 Å². The molecule has 0 spiro atoms. The zero-order chi connectivity index (χ0) is 25.7. The molecule has 2 aromatic rings. The Morgan fingerprint density at radius 2 is 1.86 bits per heavy atom. The Balaban J connectivity index is 1.45. The second-order valence-electron chi connectivity index (χ2n) is 10.4.